The molecule has 2 heterocycles. The second kappa shape index (κ2) is 8.16. The lowest BCUT2D eigenvalue weighted by Gasteiger charge is -2.16. The maximum Gasteiger partial charge on any atom is 0.359 e. The number of hydrogen-bond donors (Lipinski definition) is 1. The number of rotatable bonds is 6. The zero-order chi connectivity index (χ0) is 21.1. The first-order chi connectivity index (χ1) is 14.5. The highest BCUT2D eigenvalue weighted by Gasteiger charge is 2.36. The summed E-state index contributed by atoms with van der Waals surface area (Å²) in [6.07, 6.45) is -0.0652. The van der Waals surface area contributed by atoms with Crippen LogP contribution in [0.1, 0.15) is 28.2 Å². The number of non-ortho nitro benzene ring substituents is 1. The lowest BCUT2D eigenvalue weighted by atomic mass is 10.1. The lowest BCUT2D eigenvalue weighted by Crippen LogP contribution is -2.32. The SMILES string of the molecule is O=C(OC1CCN(c2cccc([N+](=O)[O-])c2)C1=O)c1cc(Cc2ccccc2)[nH]n1. The molecule has 0 spiro atoms. The second-order valence-electron chi connectivity index (χ2n) is 6.89. The van der Waals surface area contributed by atoms with E-state index in [4.69, 9.17) is 4.74 Å². The van der Waals surface area contributed by atoms with Crippen molar-refractivity contribution in [3.63, 3.8) is 0 Å². The van der Waals surface area contributed by atoms with Crippen molar-refractivity contribution < 1.29 is 19.2 Å². The number of nitrogens with zero attached hydrogens (tertiary/aromatic N) is 3. The Labute approximate surface area is 171 Å². The normalized spacial score (nSPS) is 15.9. The quantitative estimate of drug-likeness (QED) is 0.382. The lowest BCUT2D eigenvalue weighted by molar-refractivity contribution is -0.384. The highest BCUT2D eigenvalue weighted by molar-refractivity contribution is 6.01. The van der Waals surface area contributed by atoms with Crippen LogP contribution < -0.4 is 4.90 Å². The van der Waals surface area contributed by atoms with Crippen LogP contribution in [0.4, 0.5) is 11.4 Å². The Kier molecular flexibility index (Phi) is 5.25. The number of nitro benzene ring substituents is 1. The number of aromatic amines is 1. The van der Waals surface area contributed by atoms with E-state index in [1.54, 1.807) is 12.1 Å². The van der Waals surface area contributed by atoms with Crippen molar-refractivity contribution in [2.24, 2.45) is 0 Å². The van der Waals surface area contributed by atoms with Gasteiger partial charge in [0, 0.05) is 37.2 Å². The summed E-state index contributed by atoms with van der Waals surface area (Å²) >= 11 is 0. The molecule has 4 rings (SSSR count). The molecule has 152 valence electrons. The van der Waals surface area contributed by atoms with Gasteiger partial charge in [-0.25, -0.2) is 4.79 Å². The highest BCUT2D eigenvalue weighted by Crippen LogP contribution is 2.27. The molecule has 1 aliphatic rings. The van der Waals surface area contributed by atoms with Gasteiger partial charge in [0.2, 0.25) is 0 Å². The minimum atomic E-state index is -0.953. The van der Waals surface area contributed by atoms with Gasteiger partial charge in [0.1, 0.15) is 0 Å². The average Bonchev–Trinajstić information content (AvgIpc) is 3.36. The minimum absolute atomic E-state index is 0.0996. The fourth-order valence-electron chi connectivity index (χ4n) is 3.36. The van der Waals surface area contributed by atoms with Gasteiger partial charge in [0.15, 0.2) is 11.8 Å². The van der Waals surface area contributed by atoms with Gasteiger partial charge in [0.25, 0.3) is 11.6 Å². The van der Waals surface area contributed by atoms with Crippen LogP contribution in [-0.4, -0.2) is 39.6 Å². The van der Waals surface area contributed by atoms with Crippen LogP contribution in [0.25, 0.3) is 0 Å². The molecule has 0 bridgehead atoms. The van der Waals surface area contributed by atoms with E-state index in [9.17, 15) is 19.7 Å². The molecule has 1 amide bonds. The van der Waals surface area contributed by atoms with E-state index in [0.29, 0.717) is 25.1 Å². The minimum Gasteiger partial charge on any atom is -0.447 e. The number of carbonyl (C=O) groups excluding carboxylic acids is 2. The molecule has 1 N–H and O–H groups in total. The maximum atomic E-state index is 12.7. The van der Waals surface area contributed by atoms with Gasteiger partial charge in [-0.1, -0.05) is 36.4 Å². The number of carbonyl (C=O) groups is 2. The number of esters is 1. The zero-order valence-corrected chi connectivity index (χ0v) is 15.9. The van der Waals surface area contributed by atoms with Crippen LogP contribution in [0.5, 0.6) is 0 Å². The molecule has 9 heteroatoms. The summed E-state index contributed by atoms with van der Waals surface area (Å²) in [5.74, 6) is -1.10. The van der Waals surface area contributed by atoms with Crippen molar-refractivity contribution in [1.82, 2.24) is 10.2 Å². The summed E-state index contributed by atoms with van der Waals surface area (Å²) in [5.41, 5.74) is 2.21. The summed E-state index contributed by atoms with van der Waals surface area (Å²) in [5, 5.41) is 17.8. The summed E-state index contributed by atoms with van der Waals surface area (Å²) in [7, 11) is 0. The molecular formula is C21H18N4O5. The molecule has 1 atom stereocenters. The van der Waals surface area contributed by atoms with Crippen molar-refractivity contribution in [2.45, 2.75) is 18.9 Å². The third-order valence-corrected chi connectivity index (χ3v) is 4.84. The number of nitrogens with one attached hydrogen (secondary N) is 1. The third kappa shape index (κ3) is 4.04. The number of amides is 1. The monoisotopic (exact) mass is 406 g/mol. The van der Waals surface area contributed by atoms with Gasteiger partial charge in [-0.2, -0.15) is 5.10 Å². The summed E-state index contributed by atoms with van der Waals surface area (Å²) in [6.45, 7) is 0.303. The van der Waals surface area contributed by atoms with Gasteiger partial charge in [0.05, 0.1) is 10.6 Å². The number of nitro groups is 1. The molecule has 30 heavy (non-hydrogen) atoms. The molecule has 3 aromatic rings. The predicted octanol–water partition coefficient (Wildman–Crippen LogP) is 2.87. The van der Waals surface area contributed by atoms with E-state index in [0.717, 1.165) is 11.3 Å². The van der Waals surface area contributed by atoms with Gasteiger partial charge in [-0.15, -0.1) is 0 Å². The topological polar surface area (TPSA) is 118 Å². The number of H-pyrrole nitrogens is 1. The first-order valence-electron chi connectivity index (χ1n) is 9.36. The van der Waals surface area contributed by atoms with E-state index in [-0.39, 0.29) is 11.4 Å². The van der Waals surface area contributed by atoms with E-state index < -0.39 is 22.9 Å². The highest BCUT2D eigenvalue weighted by atomic mass is 16.6. The molecule has 1 aliphatic heterocycles. The Hall–Kier alpha value is -4.01. The Morgan fingerprint density at radius 1 is 1.20 bits per heavy atom. The molecular weight excluding hydrogens is 388 g/mol. The second-order valence-corrected chi connectivity index (χ2v) is 6.89. The molecule has 0 saturated carbocycles. The average molecular weight is 406 g/mol. The molecule has 1 unspecified atom stereocenters. The Bertz CT molecular complexity index is 1100. The van der Waals surface area contributed by atoms with Crippen molar-refractivity contribution in [2.75, 3.05) is 11.4 Å². The first-order valence-corrected chi connectivity index (χ1v) is 9.36. The Morgan fingerprint density at radius 3 is 2.77 bits per heavy atom. The van der Waals surface area contributed by atoms with Crippen molar-refractivity contribution in [3.05, 3.63) is 87.7 Å². The summed E-state index contributed by atoms with van der Waals surface area (Å²) in [4.78, 5) is 36.9. The standard InChI is InChI=1S/C21H18N4O5/c26-20-19(9-10-24(20)16-7-4-8-17(13-16)25(28)29)30-21(27)18-12-15(22-23-18)11-14-5-2-1-3-6-14/h1-8,12-13,19H,9-11H2,(H,22,23). The van der Waals surface area contributed by atoms with Gasteiger partial charge < -0.3 is 9.64 Å². The van der Waals surface area contributed by atoms with E-state index in [1.807, 2.05) is 30.3 Å². The number of hydrogen-bond acceptors (Lipinski definition) is 6. The molecule has 1 aromatic heterocycles. The first kappa shape index (κ1) is 19.3. The van der Waals surface area contributed by atoms with E-state index in [2.05, 4.69) is 10.2 Å². The maximum absolute atomic E-state index is 12.7. The smallest absolute Gasteiger partial charge is 0.359 e. The molecule has 0 radical (unpaired) electrons. The number of aromatic nitrogens is 2. The molecule has 0 aliphatic carbocycles. The van der Waals surface area contributed by atoms with Crippen LogP contribution >= 0.6 is 0 Å². The molecule has 9 nitrogen and oxygen atoms in total. The number of benzene rings is 2. The van der Waals surface area contributed by atoms with Crippen molar-refractivity contribution >= 4 is 23.3 Å². The zero-order valence-electron chi connectivity index (χ0n) is 15.9. The van der Waals surface area contributed by atoms with Gasteiger partial charge >= 0.3 is 5.97 Å². The van der Waals surface area contributed by atoms with Crippen molar-refractivity contribution in [3.8, 4) is 0 Å². The fourth-order valence-corrected chi connectivity index (χ4v) is 3.36. The van der Waals surface area contributed by atoms with Crippen LogP contribution in [0.15, 0.2) is 60.7 Å². The summed E-state index contributed by atoms with van der Waals surface area (Å²) in [6, 6.07) is 17.1. The summed E-state index contributed by atoms with van der Waals surface area (Å²) < 4.78 is 5.36. The Morgan fingerprint density at radius 2 is 2.00 bits per heavy atom. The van der Waals surface area contributed by atoms with Crippen LogP contribution in [0, 0.1) is 10.1 Å². The van der Waals surface area contributed by atoms with E-state index in [1.165, 1.54) is 23.1 Å². The van der Waals surface area contributed by atoms with Gasteiger partial charge in [-0.3, -0.25) is 20.0 Å². The van der Waals surface area contributed by atoms with Crippen molar-refractivity contribution in [1.29, 1.82) is 0 Å². The van der Waals surface area contributed by atoms with Crippen LogP contribution in [-0.2, 0) is 16.0 Å². The predicted molar refractivity (Wildman–Crippen MR) is 107 cm³/mol. The molecule has 1 saturated heterocycles. The number of ether oxygens (including phenoxy) is 1. The fraction of sp³-hybridized carbons (Fsp3) is 0.190. The number of anilines is 1. The van der Waals surface area contributed by atoms with Crippen LogP contribution in [0.2, 0.25) is 0 Å². The largest absolute Gasteiger partial charge is 0.447 e. The third-order valence-electron chi connectivity index (χ3n) is 4.84. The molecule has 2 aromatic carbocycles. The van der Waals surface area contributed by atoms with E-state index >= 15 is 0 Å². The van der Waals surface area contributed by atoms with Gasteiger partial charge in [-0.05, 0) is 17.7 Å². The Balaban J connectivity index is 1.40. The van der Waals surface area contributed by atoms with Crippen LogP contribution in [0.3, 0.4) is 0 Å². The molecule has 1 fully saturated rings.